The first-order valence-corrected chi connectivity index (χ1v) is 5.93. The number of phenols is 1. The van der Waals surface area contributed by atoms with E-state index in [0.717, 1.165) is 0 Å². The van der Waals surface area contributed by atoms with Crippen molar-refractivity contribution in [3.8, 4) is 17.2 Å². The average Bonchev–Trinajstić information content (AvgIpc) is 2.46. The predicted molar refractivity (Wildman–Crippen MR) is 72.4 cm³/mol. The SMILES string of the molecule is COc1ccccc1OCc1ccc(C(=O)O)cc1O. The molecule has 0 heterocycles. The van der Waals surface area contributed by atoms with Gasteiger partial charge in [-0.15, -0.1) is 0 Å². The van der Waals surface area contributed by atoms with Crippen molar-refractivity contribution in [2.45, 2.75) is 6.61 Å². The molecule has 2 N–H and O–H groups in total. The van der Waals surface area contributed by atoms with E-state index in [1.165, 1.54) is 18.2 Å². The number of carboxylic acid groups (broad SMARTS) is 1. The van der Waals surface area contributed by atoms with E-state index in [2.05, 4.69) is 0 Å². The molecule has 0 saturated heterocycles. The molecular formula is C15H14O5. The summed E-state index contributed by atoms with van der Waals surface area (Å²) in [6.45, 7) is 0.117. The second kappa shape index (κ2) is 5.97. The van der Waals surface area contributed by atoms with E-state index in [1.807, 2.05) is 12.1 Å². The summed E-state index contributed by atoms with van der Waals surface area (Å²) < 4.78 is 10.7. The first-order valence-electron chi connectivity index (χ1n) is 5.93. The zero-order chi connectivity index (χ0) is 14.5. The quantitative estimate of drug-likeness (QED) is 0.876. The monoisotopic (exact) mass is 274 g/mol. The molecule has 2 aromatic carbocycles. The van der Waals surface area contributed by atoms with Crippen LogP contribution in [0.1, 0.15) is 15.9 Å². The number of ether oxygens (including phenoxy) is 2. The van der Waals surface area contributed by atoms with Crippen molar-refractivity contribution >= 4 is 5.97 Å². The van der Waals surface area contributed by atoms with Crippen LogP contribution in [0.5, 0.6) is 17.2 Å². The lowest BCUT2D eigenvalue weighted by Gasteiger charge is -2.11. The van der Waals surface area contributed by atoms with Gasteiger partial charge in [0, 0.05) is 5.56 Å². The molecule has 0 saturated carbocycles. The summed E-state index contributed by atoms with van der Waals surface area (Å²) in [6.07, 6.45) is 0. The van der Waals surface area contributed by atoms with Crippen molar-refractivity contribution in [1.29, 1.82) is 0 Å². The topological polar surface area (TPSA) is 76.0 Å². The summed E-state index contributed by atoms with van der Waals surface area (Å²) in [5, 5.41) is 18.6. The third-order valence-electron chi connectivity index (χ3n) is 2.78. The first-order chi connectivity index (χ1) is 9.61. The summed E-state index contributed by atoms with van der Waals surface area (Å²) in [5.74, 6) is -0.0526. The third kappa shape index (κ3) is 3.00. The lowest BCUT2D eigenvalue weighted by molar-refractivity contribution is 0.0696. The maximum absolute atomic E-state index is 10.8. The number of aromatic carboxylic acids is 1. The Morgan fingerprint density at radius 1 is 1.15 bits per heavy atom. The van der Waals surface area contributed by atoms with Gasteiger partial charge in [-0.3, -0.25) is 0 Å². The van der Waals surface area contributed by atoms with E-state index in [1.54, 1.807) is 19.2 Å². The second-order valence-electron chi connectivity index (χ2n) is 4.09. The molecule has 0 bridgehead atoms. The van der Waals surface area contributed by atoms with Crippen LogP contribution in [0.15, 0.2) is 42.5 Å². The smallest absolute Gasteiger partial charge is 0.335 e. The number of phenolic OH excluding ortho intramolecular Hbond substituents is 1. The lowest BCUT2D eigenvalue weighted by atomic mass is 10.1. The van der Waals surface area contributed by atoms with Gasteiger partial charge in [-0.1, -0.05) is 18.2 Å². The van der Waals surface area contributed by atoms with Gasteiger partial charge < -0.3 is 19.7 Å². The Balaban J connectivity index is 2.13. The van der Waals surface area contributed by atoms with E-state index in [4.69, 9.17) is 14.6 Å². The highest BCUT2D eigenvalue weighted by Crippen LogP contribution is 2.28. The van der Waals surface area contributed by atoms with Gasteiger partial charge in [-0.2, -0.15) is 0 Å². The maximum Gasteiger partial charge on any atom is 0.335 e. The number of benzene rings is 2. The number of carboxylic acids is 1. The van der Waals surface area contributed by atoms with Gasteiger partial charge in [0.15, 0.2) is 11.5 Å². The number of rotatable bonds is 5. The van der Waals surface area contributed by atoms with Gasteiger partial charge in [0.1, 0.15) is 12.4 Å². The molecular weight excluding hydrogens is 260 g/mol. The Morgan fingerprint density at radius 3 is 2.45 bits per heavy atom. The maximum atomic E-state index is 10.8. The molecule has 0 aromatic heterocycles. The molecule has 0 atom stereocenters. The molecule has 5 nitrogen and oxygen atoms in total. The van der Waals surface area contributed by atoms with Gasteiger partial charge in [0.25, 0.3) is 0 Å². The number of methoxy groups -OCH3 is 1. The molecule has 2 rings (SSSR count). The minimum absolute atomic E-state index is 0.0311. The van der Waals surface area contributed by atoms with Crippen LogP contribution >= 0.6 is 0 Å². The summed E-state index contributed by atoms with van der Waals surface area (Å²) in [4.78, 5) is 10.8. The van der Waals surface area contributed by atoms with Gasteiger partial charge in [-0.05, 0) is 24.3 Å². The van der Waals surface area contributed by atoms with Crippen molar-refractivity contribution in [2.75, 3.05) is 7.11 Å². The molecule has 0 aliphatic rings. The molecule has 0 radical (unpaired) electrons. The fourth-order valence-electron chi connectivity index (χ4n) is 1.71. The predicted octanol–water partition coefficient (Wildman–Crippen LogP) is 2.68. The van der Waals surface area contributed by atoms with Crippen molar-refractivity contribution in [3.63, 3.8) is 0 Å². The molecule has 0 aliphatic carbocycles. The Bertz CT molecular complexity index is 621. The molecule has 0 fully saturated rings. The molecule has 0 spiro atoms. The lowest BCUT2D eigenvalue weighted by Crippen LogP contribution is -2.00. The normalized spacial score (nSPS) is 10.1. The molecule has 104 valence electrons. The Kier molecular flexibility index (Phi) is 4.10. The molecule has 2 aromatic rings. The summed E-state index contributed by atoms with van der Waals surface area (Å²) in [5.41, 5.74) is 0.532. The van der Waals surface area contributed by atoms with Crippen LogP contribution in [-0.2, 0) is 6.61 Å². The molecule has 20 heavy (non-hydrogen) atoms. The summed E-state index contributed by atoms with van der Waals surface area (Å²) in [6, 6.07) is 11.3. The minimum atomic E-state index is -1.09. The van der Waals surface area contributed by atoms with E-state index >= 15 is 0 Å². The largest absolute Gasteiger partial charge is 0.508 e. The highest BCUT2D eigenvalue weighted by atomic mass is 16.5. The molecule has 0 aliphatic heterocycles. The van der Waals surface area contributed by atoms with E-state index in [-0.39, 0.29) is 17.9 Å². The van der Waals surface area contributed by atoms with Crippen LogP contribution < -0.4 is 9.47 Å². The average molecular weight is 274 g/mol. The van der Waals surface area contributed by atoms with Crippen molar-refractivity contribution in [3.05, 3.63) is 53.6 Å². The second-order valence-corrected chi connectivity index (χ2v) is 4.09. The van der Waals surface area contributed by atoms with Crippen LogP contribution in [0.25, 0.3) is 0 Å². The fraction of sp³-hybridized carbons (Fsp3) is 0.133. The number of aromatic hydroxyl groups is 1. The van der Waals surface area contributed by atoms with Gasteiger partial charge in [0.2, 0.25) is 0 Å². The number of hydrogen-bond donors (Lipinski definition) is 2. The van der Waals surface area contributed by atoms with Crippen LogP contribution in [0.3, 0.4) is 0 Å². The number of carbonyl (C=O) groups is 1. The number of hydrogen-bond acceptors (Lipinski definition) is 4. The third-order valence-corrected chi connectivity index (χ3v) is 2.78. The van der Waals surface area contributed by atoms with Gasteiger partial charge >= 0.3 is 5.97 Å². The van der Waals surface area contributed by atoms with Crippen molar-refractivity contribution < 1.29 is 24.5 Å². The van der Waals surface area contributed by atoms with E-state index < -0.39 is 5.97 Å². The minimum Gasteiger partial charge on any atom is -0.508 e. The van der Waals surface area contributed by atoms with Crippen LogP contribution in [0.2, 0.25) is 0 Å². The van der Waals surface area contributed by atoms with E-state index in [0.29, 0.717) is 17.1 Å². The van der Waals surface area contributed by atoms with Crippen LogP contribution in [-0.4, -0.2) is 23.3 Å². The fourth-order valence-corrected chi connectivity index (χ4v) is 1.71. The summed E-state index contributed by atoms with van der Waals surface area (Å²) >= 11 is 0. The van der Waals surface area contributed by atoms with Crippen molar-refractivity contribution in [1.82, 2.24) is 0 Å². The van der Waals surface area contributed by atoms with Gasteiger partial charge in [0.05, 0.1) is 12.7 Å². The highest BCUT2D eigenvalue weighted by molar-refractivity contribution is 5.88. The highest BCUT2D eigenvalue weighted by Gasteiger charge is 2.09. The molecule has 5 heteroatoms. The first kappa shape index (κ1) is 13.7. The zero-order valence-electron chi connectivity index (χ0n) is 10.9. The molecule has 0 unspecified atom stereocenters. The number of para-hydroxylation sites is 2. The van der Waals surface area contributed by atoms with E-state index in [9.17, 15) is 9.90 Å². The Hall–Kier alpha value is -2.69. The van der Waals surface area contributed by atoms with Crippen molar-refractivity contribution in [2.24, 2.45) is 0 Å². The Labute approximate surface area is 116 Å². The zero-order valence-corrected chi connectivity index (χ0v) is 10.9. The standard InChI is InChI=1S/C15H14O5/c1-19-13-4-2-3-5-14(13)20-9-11-7-6-10(15(17)18)8-12(11)16/h2-8,16H,9H2,1H3,(H,17,18). The summed E-state index contributed by atoms with van der Waals surface area (Å²) in [7, 11) is 1.54. The van der Waals surface area contributed by atoms with Crippen LogP contribution in [0.4, 0.5) is 0 Å². The van der Waals surface area contributed by atoms with Gasteiger partial charge in [-0.25, -0.2) is 4.79 Å². The Morgan fingerprint density at radius 2 is 1.85 bits per heavy atom. The molecule has 0 amide bonds. The van der Waals surface area contributed by atoms with Crippen LogP contribution in [0, 0.1) is 0 Å².